The molecule has 0 aliphatic carbocycles. The van der Waals surface area contributed by atoms with Crippen molar-refractivity contribution in [3.63, 3.8) is 0 Å². The Morgan fingerprint density at radius 2 is 1.93 bits per heavy atom. The quantitative estimate of drug-likeness (QED) is 0.686. The highest BCUT2D eigenvalue weighted by atomic mass is 16.5. The Hall–Kier alpha value is -1.09. The first kappa shape index (κ1) is 11.0. The summed E-state index contributed by atoms with van der Waals surface area (Å²) in [5.74, 6) is 1.75. The van der Waals surface area contributed by atoms with Gasteiger partial charge in [0, 0.05) is 12.1 Å². The van der Waals surface area contributed by atoms with Crippen molar-refractivity contribution in [3.05, 3.63) is 18.2 Å². The summed E-state index contributed by atoms with van der Waals surface area (Å²) in [6.07, 6.45) is 0. The Morgan fingerprint density at radius 3 is 2.43 bits per heavy atom. The van der Waals surface area contributed by atoms with Crippen molar-refractivity contribution < 1.29 is 4.74 Å². The van der Waals surface area contributed by atoms with Crippen LogP contribution in [0.1, 0.15) is 13.8 Å². The molecule has 0 saturated carbocycles. The van der Waals surface area contributed by atoms with E-state index in [1.807, 2.05) is 12.1 Å². The zero-order valence-corrected chi connectivity index (χ0v) is 9.45. The van der Waals surface area contributed by atoms with Crippen molar-refractivity contribution in [3.8, 4) is 5.88 Å². The zero-order chi connectivity index (χ0) is 10.6. The molecule has 1 aromatic heterocycles. The first-order valence-electron chi connectivity index (χ1n) is 5.02. The molecule has 0 aliphatic rings. The topological polar surface area (TPSA) is 22.1 Å². The molecular weight excluding hydrogens is 176 g/mol. The number of pyridine rings is 1. The van der Waals surface area contributed by atoms with Crippen molar-refractivity contribution in [1.82, 2.24) is 9.47 Å². The molecule has 1 rings (SSSR count). The monoisotopic (exact) mass is 195 g/mol. The lowest BCUT2D eigenvalue weighted by atomic mass is 10.3. The number of methoxy groups -OCH3 is 1. The van der Waals surface area contributed by atoms with Gasteiger partial charge < -0.3 is 4.74 Å². The molecule has 0 unspecified atom stereocenters. The molecule has 1 heterocycles. The third-order valence-corrected chi connectivity index (χ3v) is 2.87. The Kier molecular flexibility index (Phi) is 3.47. The van der Waals surface area contributed by atoms with Crippen LogP contribution in [-0.4, -0.2) is 32.2 Å². The summed E-state index contributed by atoms with van der Waals surface area (Å²) in [6, 6.07) is 5.91. The highest BCUT2D eigenvalue weighted by Crippen LogP contribution is 2.20. The van der Waals surface area contributed by atoms with Crippen molar-refractivity contribution in [2.24, 2.45) is 0 Å². The maximum absolute atomic E-state index is 5.12. The molecule has 0 spiro atoms. The molecule has 1 aromatic rings. The van der Waals surface area contributed by atoms with Crippen LogP contribution in [0.15, 0.2) is 18.2 Å². The van der Waals surface area contributed by atoms with Crippen molar-refractivity contribution in [2.75, 3.05) is 27.2 Å². The van der Waals surface area contributed by atoms with Gasteiger partial charge in [-0.2, -0.15) is 4.98 Å². The lowest BCUT2D eigenvalue weighted by Gasteiger charge is -2.30. The van der Waals surface area contributed by atoms with Gasteiger partial charge in [0.2, 0.25) is 11.7 Å². The van der Waals surface area contributed by atoms with Gasteiger partial charge in [-0.25, -0.2) is 0 Å². The molecular formula is C11H19N2O+. The third kappa shape index (κ3) is 2.04. The fraction of sp³-hybridized carbons (Fsp3) is 0.545. The van der Waals surface area contributed by atoms with Crippen molar-refractivity contribution in [2.45, 2.75) is 13.8 Å². The summed E-state index contributed by atoms with van der Waals surface area (Å²) < 4.78 is 5.96. The maximum atomic E-state index is 5.12. The van der Waals surface area contributed by atoms with E-state index in [9.17, 15) is 0 Å². The summed E-state index contributed by atoms with van der Waals surface area (Å²) in [6.45, 7) is 6.42. The minimum absolute atomic E-state index is 0.689. The van der Waals surface area contributed by atoms with E-state index in [-0.39, 0.29) is 0 Å². The van der Waals surface area contributed by atoms with Gasteiger partial charge in [0.15, 0.2) is 0 Å². The minimum atomic E-state index is 0.689. The molecule has 0 atom stereocenters. The average molecular weight is 195 g/mol. The van der Waals surface area contributed by atoms with Crippen molar-refractivity contribution in [1.29, 1.82) is 0 Å². The van der Waals surface area contributed by atoms with Crippen LogP contribution >= 0.6 is 0 Å². The Bertz CT molecular complexity index is 295. The third-order valence-electron chi connectivity index (χ3n) is 2.87. The van der Waals surface area contributed by atoms with Gasteiger partial charge in [0.05, 0.1) is 27.2 Å². The Morgan fingerprint density at radius 1 is 1.29 bits per heavy atom. The van der Waals surface area contributed by atoms with Crippen molar-refractivity contribution >= 4 is 5.82 Å². The van der Waals surface area contributed by atoms with Gasteiger partial charge in [-0.05, 0) is 19.9 Å². The average Bonchev–Trinajstić information content (AvgIpc) is 2.28. The largest absolute Gasteiger partial charge is 0.481 e. The van der Waals surface area contributed by atoms with E-state index in [4.69, 9.17) is 4.74 Å². The molecule has 3 heteroatoms. The predicted octanol–water partition coefficient (Wildman–Crippen LogP) is 2.07. The smallest absolute Gasteiger partial charge is 0.230 e. The fourth-order valence-electron chi connectivity index (χ4n) is 1.37. The summed E-state index contributed by atoms with van der Waals surface area (Å²) in [7, 11) is 3.83. The lowest BCUT2D eigenvalue weighted by molar-refractivity contribution is 0.344. The molecule has 0 radical (unpaired) electrons. The summed E-state index contributed by atoms with van der Waals surface area (Å²) in [5, 5.41) is 0. The number of hydrogen-bond donors (Lipinski definition) is 0. The molecule has 14 heavy (non-hydrogen) atoms. The van der Waals surface area contributed by atoms with Gasteiger partial charge in [-0.15, -0.1) is 0 Å². The van der Waals surface area contributed by atoms with E-state index >= 15 is 0 Å². The minimum Gasteiger partial charge on any atom is -0.481 e. The molecule has 0 fully saturated rings. The van der Waals surface area contributed by atoms with Crippen LogP contribution in [0.4, 0.5) is 5.82 Å². The summed E-state index contributed by atoms with van der Waals surface area (Å²) >= 11 is 0. The maximum Gasteiger partial charge on any atom is 0.230 e. The molecule has 78 valence electrons. The van der Waals surface area contributed by atoms with Gasteiger partial charge >= 0.3 is 0 Å². The van der Waals surface area contributed by atoms with Crippen LogP contribution in [0.5, 0.6) is 5.88 Å². The van der Waals surface area contributed by atoms with E-state index in [0.717, 1.165) is 23.4 Å². The SMILES string of the molecule is CC[N+](C)(CC)c1cccc(OC)n1. The van der Waals surface area contributed by atoms with Gasteiger partial charge in [0.25, 0.3) is 0 Å². The van der Waals surface area contributed by atoms with E-state index in [0.29, 0.717) is 5.88 Å². The molecule has 3 nitrogen and oxygen atoms in total. The van der Waals surface area contributed by atoms with Crippen LogP contribution in [0.25, 0.3) is 0 Å². The second-order valence-electron chi connectivity index (χ2n) is 3.57. The number of rotatable bonds is 4. The molecule has 0 saturated heterocycles. The number of nitrogens with zero attached hydrogens (tertiary/aromatic N) is 2. The first-order valence-corrected chi connectivity index (χ1v) is 5.02. The second kappa shape index (κ2) is 4.42. The fourth-order valence-corrected chi connectivity index (χ4v) is 1.37. The van der Waals surface area contributed by atoms with Crippen LogP contribution < -0.4 is 9.22 Å². The van der Waals surface area contributed by atoms with E-state index in [1.54, 1.807) is 7.11 Å². The highest BCUT2D eigenvalue weighted by Gasteiger charge is 2.22. The second-order valence-corrected chi connectivity index (χ2v) is 3.57. The van der Waals surface area contributed by atoms with Gasteiger partial charge in [0.1, 0.15) is 0 Å². The number of quaternary nitrogens is 1. The number of hydrogen-bond acceptors (Lipinski definition) is 2. The van der Waals surface area contributed by atoms with Crippen LogP contribution in [-0.2, 0) is 0 Å². The zero-order valence-electron chi connectivity index (χ0n) is 9.45. The van der Waals surface area contributed by atoms with Gasteiger partial charge in [-0.3, -0.25) is 4.48 Å². The molecule has 0 N–H and O–H groups in total. The number of ether oxygens (including phenoxy) is 1. The predicted molar refractivity (Wildman–Crippen MR) is 59.6 cm³/mol. The molecule has 0 amide bonds. The van der Waals surface area contributed by atoms with E-state index < -0.39 is 0 Å². The first-order chi connectivity index (χ1) is 6.66. The van der Waals surface area contributed by atoms with Crippen LogP contribution in [0.2, 0.25) is 0 Å². The Balaban J connectivity index is 3.04. The molecule has 0 bridgehead atoms. The molecule has 0 aliphatic heterocycles. The van der Waals surface area contributed by atoms with E-state index in [1.165, 1.54) is 0 Å². The summed E-state index contributed by atoms with van der Waals surface area (Å²) in [4.78, 5) is 4.46. The standard InChI is InChI=1S/C11H19N2O/c1-5-13(3,6-2)10-8-7-9-11(12-10)14-4/h7-9H,5-6H2,1-4H3/q+1. The molecule has 0 aromatic carbocycles. The Labute approximate surface area is 85.9 Å². The van der Waals surface area contributed by atoms with Gasteiger partial charge in [-0.1, -0.05) is 0 Å². The number of aromatic nitrogens is 1. The summed E-state index contributed by atoms with van der Waals surface area (Å²) in [5.41, 5.74) is 0. The normalized spacial score (nSPS) is 11.4. The van der Waals surface area contributed by atoms with Crippen LogP contribution in [0.3, 0.4) is 0 Å². The highest BCUT2D eigenvalue weighted by molar-refractivity contribution is 5.36. The van der Waals surface area contributed by atoms with E-state index in [2.05, 4.69) is 31.9 Å². The van der Waals surface area contributed by atoms with Crippen LogP contribution in [0, 0.1) is 0 Å². The lowest BCUT2D eigenvalue weighted by Crippen LogP contribution is -2.45.